The van der Waals surface area contributed by atoms with Crippen molar-refractivity contribution in [1.82, 2.24) is 19.5 Å². The molecule has 3 heterocycles. The number of alkyl halides is 3. The zero-order valence-electron chi connectivity index (χ0n) is 23.3. The van der Waals surface area contributed by atoms with Crippen LogP contribution in [0.15, 0.2) is 42.6 Å². The minimum absolute atomic E-state index is 0.0908. The number of fused-ring (bicyclic) bond motifs is 1. The zero-order valence-corrected chi connectivity index (χ0v) is 23.3. The molecule has 0 bridgehead atoms. The van der Waals surface area contributed by atoms with Gasteiger partial charge in [0.15, 0.2) is 5.65 Å². The molecule has 1 aliphatic heterocycles. The number of nitrogens with two attached hydrogens (primary N) is 1. The first kappa shape index (κ1) is 28.4. The van der Waals surface area contributed by atoms with Crippen molar-refractivity contribution in [1.29, 1.82) is 0 Å². The van der Waals surface area contributed by atoms with Gasteiger partial charge in [0.05, 0.1) is 42.1 Å². The van der Waals surface area contributed by atoms with E-state index in [4.69, 9.17) is 10.5 Å². The number of likely N-dealkylation sites (tertiary alicyclic amines) is 1. The van der Waals surface area contributed by atoms with Crippen molar-refractivity contribution in [3.63, 3.8) is 0 Å². The second-order valence-corrected chi connectivity index (χ2v) is 12.1. The minimum atomic E-state index is -4.41. The maximum atomic E-state index is 14.0. The topological polar surface area (TPSA) is 85.8 Å². The van der Waals surface area contributed by atoms with Crippen LogP contribution in [-0.4, -0.2) is 45.2 Å². The van der Waals surface area contributed by atoms with Crippen LogP contribution in [-0.2, 0) is 17.8 Å². The lowest BCUT2D eigenvalue weighted by Crippen LogP contribution is -2.54. The third kappa shape index (κ3) is 5.96. The Labute approximate surface area is 232 Å². The summed E-state index contributed by atoms with van der Waals surface area (Å²) in [6.45, 7) is 3.63. The van der Waals surface area contributed by atoms with Crippen LogP contribution in [0.3, 0.4) is 0 Å². The van der Waals surface area contributed by atoms with Crippen LogP contribution >= 0.6 is 0 Å². The summed E-state index contributed by atoms with van der Waals surface area (Å²) in [5.74, 6) is -0.180. The number of hydrogen-bond acceptors (Lipinski definition) is 5. The van der Waals surface area contributed by atoms with E-state index in [2.05, 4.69) is 17.0 Å². The minimum Gasteiger partial charge on any atom is -0.497 e. The number of piperidine rings is 1. The molecule has 40 heavy (non-hydrogen) atoms. The number of amides is 1. The lowest BCUT2D eigenvalue weighted by atomic mass is 9.72. The summed E-state index contributed by atoms with van der Waals surface area (Å²) in [5, 5.41) is 4.66. The molecule has 5 rings (SSSR count). The fourth-order valence-corrected chi connectivity index (χ4v) is 6.36. The summed E-state index contributed by atoms with van der Waals surface area (Å²) >= 11 is 0. The van der Waals surface area contributed by atoms with E-state index in [1.807, 2.05) is 6.20 Å². The number of rotatable bonds is 7. The second kappa shape index (κ2) is 11.0. The van der Waals surface area contributed by atoms with Gasteiger partial charge in [-0.25, -0.2) is 9.50 Å². The highest BCUT2D eigenvalue weighted by atomic mass is 19.4. The first-order chi connectivity index (χ1) is 18.9. The summed E-state index contributed by atoms with van der Waals surface area (Å²) in [6.07, 6.45) is 1.68. The van der Waals surface area contributed by atoms with Crippen LogP contribution < -0.4 is 10.5 Å². The Morgan fingerprint density at radius 1 is 1.12 bits per heavy atom. The number of nitrogens with zero attached hydrogens (tertiary/aromatic N) is 4. The van der Waals surface area contributed by atoms with E-state index in [0.29, 0.717) is 23.0 Å². The molecule has 0 radical (unpaired) electrons. The molecule has 1 amide bonds. The number of aromatic nitrogens is 3. The van der Waals surface area contributed by atoms with Gasteiger partial charge >= 0.3 is 6.18 Å². The highest BCUT2D eigenvalue weighted by Gasteiger charge is 2.52. The second-order valence-electron chi connectivity index (χ2n) is 12.1. The number of halogens is 3. The van der Waals surface area contributed by atoms with Gasteiger partial charge in [0, 0.05) is 19.5 Å². The summed E-state index contributed by atoms with van der Waals surface area (Å²) in [6, 6.07) is 10.4. The monoisotopic (exact) mass is 557 g/mol. The Morgan fingerprint density at radius 3 is 2.48 bits per heavy atom. The van der Waals surface area contributed by atoms with Crippen molar-refractivity contribution in [2.45, 2.75) is 71.1 Å². The molecule has 2 N–H and O–H groups in total. The Bertz CT molecular complexity index is 1330. The van der Waals surface area contributed by atoms with Crippen LogP contribution in [0, 0.1) is 23.2 Å². The summed E-state index contributed by atoms with van der Waals surface area (Å²) < 4.78 is 48.9. The van der Waals surface area contributed by atoms with Crippen molar-refractivity contribution >= 4 is 11.6 Å². The predicted molar refractivity (Wildman–Crippen MR) is 145 cm³/mol. The molecule has 1 saturated heterocycles. The van der Waals surface area contributed by atoms with Crippen LogP contribution in [0.5, 0.6) is 5.75 Å². The largest absolute Gasteiger partial charge is 0.497 e. The van der Waals surface area contributed by atoms with Gasteiger partial charge in [-0.05, 0) is 60.9 Å². The van der Waals surface area contributed by atoms with Gasteiger partial charge in [0.1, 0.15) is 5.75 Å². The van der Waals surface area contributed by atoms with Crippen molar-refractivity contribution in [3.8, 4) is 5.75 Å². The predicted octanol–water partition coefficient (Wildman–Crippen LogP) is 5.72. The van der Waals surface area contributed by atoms with Crippen LogP contribution in [0.2, 0.25) is 0 Å². The maximum absolute atomic E-state index is 14.0. The Morgan fingerprint density at radius 2 is 1.82 bits per heavy atom. The highest BCUT2D eigenvalue weighted by Crippen LogP contribution is 2.44. The van der Waals surface area contributed by atoms with Crippen molar-refractivity contribution in [2.75, 3.05) is 13.7 Å². The number of ether oxygens (including phenoxy) is 1. The van der Waals surface area contributed by atoms with Gasteiger partial charge in [-0.2, -0.15) is 18.3 Å². The molecular formula is C30H38F3N5O2. The van der Waals surface area contributed by atoms with Gasteiger partial charge in [-0.15, -0.1) is 0 Å². The molecule has 3 atom stereocenters. The highest BCUT2D eigenvalue weighted by molar-refractivity contribution is 5.83. The smallest absolute Gasteiger partial charge is 0.393 e. The maximum Gasteiger partial charge on any atom is 0.393 e. The third-order valence-corrected chi connectivity index (χ3v) is 8.81. The van der Waals surface area contributed by atoms with E-state index in [1.54, 1.807) is 54.9 Å². The normalized spacial score (nSPS) is 26.7. The number of carbonyl (C=O) groups is 1. The molecule has 2 aromatic heterocycles. The lowest BCUT2D eigenvalue weighted by Gasteiger charge is -2.44. The molecule has 2 fully saturated rings. The number of imidazole rings is 1. The van der Waals surface area contributed by atoms with Crippen LogP contribution in [0.25, 0.3) is 5.65 Å². The SMILES string of the molecule is COc1ccc(CN2C[C@H](C(F)(F)F)CC(C)(Cc3ccc4nc([C@@H](N)[C@H]5CC[C@H](C)CC5)cn4n3)C2=O)cc1. The number of benzene rings is 1. The number of hydrogen-bond donors (Lipinski definition) is 1. The fourth-order valence-electron chi connectivity index (χ4n) is 6.36. The Kier molecular flexibility index (Phi) is 7.83. The van der Waals surface area contributed by atoms with E-state index >= 15 is 0 Å². The number of carbonyl (C=O) groups excluding carboxylic acids is 1. The Balaban J connectivity index is 1.36. The van der Waals surface area contributed by atoms with Crippen molar-refractivity contribution in [2.24, 2.45) is 28.9 Å². The van der Waals surface area contributed by atoms with Gasteiger partial charge in [0.2, 0.25) is 5.91 Å². The zero-order chi connectivity index (χ0) is 28.7. The Hall–Kier alpha value is -3.14. The van der Waals surface area contributed by atoms with Gasteiger partial charge in [-0.3, -0.25) is 4.79 Å². The average molecular weight is 558 g/mol. The molecule has 1 saturated carbocycles. The molecular weight excluding hydrogens is 519 g/mol. The molecule has 216 valence electrons. The van der Waals surface area contributed by atoms with E-state index in [1.165, 1.54) is 4.90 Å². The molecule has 3 aromatic rings. The molecule has 1 unspecified atom stereocenters. The summed E-state index contributed by atoms with van der Waals surface area (Å²) in [7, 11) is 1.55. The first-order valence-electron chi connectivity index (χ1n) is 14.0. The van der Waals surface area contributed by atoms with E-state index in [-0.39, 0.29) is 37.9 Å². The van der Waals surface area contributed by atoms with Crippen LogP contribution in [0.4, 0.5) is 13.2 Å². The molecule has 2 aliphatic rings. The molecule has 0 spiro atoms. The summed E-state index contributed by atoms with van der Waals surface area (Å²) in [5.41, 5.74) is 8.02. The van der Waals surface area contributed by atoms with E-state index in [0.717, 1.165) is 42.9 Å². The van der Waals surface area contributed by atoms with Crippen molar-refractivity contribution in [3.05, 3.63) is 59.5 Å². The molecule has 7 nitrogen and oxygen atoms in total. The van der Waals surface area contributed by atoms with E-state index in [9.17, 15) is 18.0 Å². The van der Waals surface area contributed by atoms with E-state index < -0.39 is 17.5 Å². The molecule has 1 aliphatic carbocycles. The molecule has 1 aromatic carbocycles. The van der Waals surface area contributed by atoms with Gasteiger partial charge in [0.25, 0.3) is 0 Å². The quantitative estimate of drug-likeness (QED) is 0.401. The third-order valence-electron chi connectivity index (χ3n) is 8.81. The van der Waals surface area contributed by atoms with Crippen molar-refractivity contribution < 1.29 is 22.7 Å². The standard InChI is InChI=1S/C30H38F3N5O2/c1-19-4-8-21(9-5-19)27(34)25-18-38-26(35-25)13-10-23(36-38)15-29(2)14-22(30(31,32)33)17-37(28(29)39)16-20-6-11-24(40-3)12-7-20/h6-7,10-13,18-19,21-22,27H,4-5,8-9,14-17,34H2,1-3H3/t19-,21-,22-,27+,29?/m1/s1. The average Bonchev–Trinajstić information content (AvgIpc) is 3.34. The fraction of sp³-hybridized carbons (Fsp3) is 0.567. The lowest BCUT2D eigenvalue weighted by molar-refractivity contribution is -0.202. The molecule has 10 heteroatoms. The van der Waals surface area contributed by atoms with Gasteiger partial charge in [-0.1, -0.05) is 38.8 Å². The summed E-state index contributed by atoms with van der Waals surface area (Å²) in [4.78, 5) is 19.7. The van der Waals surface area contributed by atoms with Gasteiger partial charge < -0.3 is 15.4 Å². The number of methoxy groups -OCH3 is 1. The first-order valence-corrected chi connectivity index (χ1v) is 14.0. The van der Waals surface area contributed by atoms with Crippen LogP contribution in [0.1, 0.15) is 68.9 Å².